The first-order valence-electron chi connectivity index (χ1n) is 11.3. The Hall–Kier alpha value is -3.06. The standard InChI is InChI=1S/C25H31N3O4/c1-18-25(30)28(15-14-27-12-4-3-5-13-27)22-17-20(8-11-23(22)32-18)26-24(29)16-19-6-9-21(31-2)10-7-19/h6-11,17-18H,3-5,12-16H2,1-2H3,(H,26,29). The second kappa shape index (κ2) is 10.0. The number of carbonyl (C=O) groups excluding carboxylic acids is 2. The number of ether oxygens (including phenoxy) is 2. The van der Waals surface area contributed by atoms with Gasteiger partial charge in [-0.25, -0.2) is 0 Å². The summed E-state index contributed by atoms with van der Waals surface area (Å²) in [5.74, 6) is 1.26. The van der Waals surface area contributed by atoms with E-state index in [-0.39, 0.29) is 18.2 Å². The lowest BCUT2D eigenvalue weighted by molar-refractivity contribution is -0.125. The van der Waals surface area contributed by atoms with Crippen LogP contribution in [0.15, 0.2) is 42.5 Å². The van der Waals surface area contributed by atoms with E-state index in [9.17, 15) is 9.59 Å². The summed E-state index contributed by atoms with van der Waals surface area (Å²) in [5.41, 5.74) is 2.26. The van der Waals surface area contributed by atoms with Gasteiger partial charge >= 0.3 is 0 Å². The molecule has 7 nitrogen and oxygen atoms in total. The van der Waals surface area contributed by atoms with E-state index in [1.807, 2.05) is 42.5 Å². The molecule has 0 spiro atoms. The van der Waals surface area contributed by atoms with Crippen LogP contribution in [0.5, 0.6) is 11.5 Å². The second-order valence-electron chi connectivity index (χ2n) is 8.41. The van der Waals surface area contributed by atoms with Gasteiger partial charge in [0.05, 0.1) is 19.2 Å². The summed E-state index contributed by atoms with van der Waals surface area (Å²) < 4.78 is 11.0. The maximum absolute atomic E-state index is 12.9. The van der Waals surface area contributed by atoms with E-state index in [2.05, 4.69) is 10.2 Å². The molecule has 170 valence electrons. The van der Waals surface area contributed by atoms with Crippen LogP contribution >= 0.6 is 0 Å². The molecule has 1 atom stereocenters. The quantitative estimate of drug-likeness (QED) is 0.718. The molecule has 2 aromatic rings. The molecule has 1 N–H and O–H groups in total. The van der Waals surface area contributed by atoms with E-state index in [1.165, 1.54) is 19.3 Å². The number of fused-ring (bicyclic) bond motifs is 1. The minimum atomic E-state index is -0.514. The van der Waals surface area contributed by atoms with Gasteiger partial charge in [-0.3, -0.25) is 9.59 Å². The first kappa shape index (κ1) is 22.1. The molecule has 2 aliphatic heterocycles. The van der Waals surface area contributed by atoms with Crippen molar-refractivity contribution in [2.75, 3.05) is 43.5 Å². The predicted octanol–water partition coefficient (Wildman–Crippen LogP) is 3.48. The van der Waals surface area contributed by atoms with Crippen LogP contribution in [0.2, 0.25) is 0 Å². The number of nitrogens with zero attached hydrogens (tertiary/aromatic N) is 2. The minimum Gasteiger partial charge on any atom is -0.497 e. The smallest absolute Gasteiger partial charge is 0.267 e. The first-order chi connectivity index (χ1) is 15.5. The van der Waals surface area contributed by atoms with Gasteiger partial charge in [0.15, 0.2) is 6.10 Å². The zero-order valence-corrected chi connectivity index (χ0v) is 18.8. The molecule has 1 unspecified atom stereocenters. The summed E-state index contributed by atoms with van der Waals surface area (Å²) in [6, 6.07) is 12.9. The van der Waals surface area contributed by atoms with Crippen LogP contribution in [0, 0.1) is 0 Å². The largest absolute Gasteiger partial charge is 0.497 e. The third kappa shape index (κ3) is 5.22. The summed E-state index contributed by atoms with van der Waals surface area (Å²) in [4.78, 5) is 29.7. The van der Waals surface area contributed by atoms with Crippen LogP contribution < -0.4 is 19.7 Å². The van der Waals surface area contributed by atoms with Gasteiger partial charge in [0.2, 0.25) is 5.91 Å². The molecule has 0 bridgehead atoms. The number of anilines is 2. The Morgan fingerprint density at radius 1 is 1.09 bits per heavy atom. The fourth-order valence-electron chi connectivity index (χ4n) is 4.27. The average molecular weight is 438 g/mol. The second-order valence-corrected chi connectivity index (χ2v) is 8.41. The molecule has 2 heterocycles. The summed E-state index contributed by atoms with van der Waals surface area (Å²) in [7, 11) is 1.61. The van der Waals surface area contributed by atoms with E-state index in [0.29, 0.717) is 23.7 Å². The van der Waals surface area contributed by atoms with Crippen molar-refractivity contribution in [3.05, 3.63) is 48.0 Å². The van der Waals surface area contributed by atoms with Gasteiger partial charge in [-0.2, -0.15) is 0 Å². The number of amides is 2. The molecule has 2 aliphatic rings. The van der Waals surface area contributed by atoms with Gasteiger partial charge in [-0.1, -0.05) is 18.6 Å². The fourth-order valence-corrected chi connectivity index (χ4v) is 4.27. The predicted molar refractivity (Wildman–Crippen MR) is 125 cm³/mol. The number of piperidine rings is 1. The number of hydrogen-bond donors (Lipinski definition) is 1. The monoisotopic (exact) mass is 437 g/mol. The lowest BCUT2D eigenvalue weighted by atomic mass is 10.1. The van der Waals surface area contributed by atoms with Crippen LogP contribution in [0.3, 0.4) is 0 Å². The third-order valence-corrected chi connectivity index (χ3v) is 6.06. The number of hydrogen-bond acceptors (Lipinski definition) is 5. The van der Waals surface area contributed by atoms with Gasteiger partial charge < -0.3 is 24.6 Å². The van der Waals surface area contributed by atoms with Crippen LogP contribution in [-0.2, 0) is 16.0 Å². The molecule has 0 saturated carbocycles. The van der Waals surface area contributed by atoms with E-state index >= 15 is 0 Å². The number of benzene rings is 2. The highest BCUT2D eigenvalue weighted by Gasteiger charge is 2.32. The number of likely N-dealkylation sites (tertiary alicyclic amines) is 1. The number of rotatable bonds is 7. The highest BCUT2D eigenvalue weighted by molar-refractivity contribution is 6.01. The van der Waals surface area contributed by atoms with E-state index in [1.54, 1.807) is 18.9 Å². The van der Waals surface area contributed by atoms with Gasteiger partial charge in [0, 0.05) is 18.8 Å². The molecule has 7 heteroatoms. The Labute approximate surface area is 189 Å². The molecular formula is C25H31N3O4. The lowest BCUT2D eigenvalue weighted by Gasteiger charge is -2.35. The topological polar surface area (TPSA) is 71.1 Å². The summed E-state index contributed by atoms with van der Waals surface area (Å²) >= 11 is 0. The summed E-state index contributed by atoms with van der Waals surface area (Å²) in [6.45, 7) is 5.41. The maximum Gasteiger partial charge on any atom is 0.267 e. The Bertz CT molecular complexity index is 954. The SMILES string of the molecule is COc1ccc(CC(=O)Nc2ccc3c(c2)N(CCN2CCCCC2)C(=O)C(C)O3)cc1. The molecule has 2 aromatic carbocycles. The van der Waals surface area contributed by atoms with E-state index in [0.717, 1.165) is 30.9 Å². The highest BCUT2D eigenvalue weighted by Crippen LogP contribution is 2.36. The Morgan fingerprint density at radius 3 is 2.56 bits per heavy atom. The van der Waals surface area contributed by atoms with Crippen molar-refractivity contribution < 1.29 is 19.1 Å². The molecule has 1 saturated heterocycles. The van der Waals surface area contributed by atoms with Crippen LogP contribution in [0.1, 0.15) is 31.7 Å². The summed E-state index contributed by atoms with van der Waals surface area (Å²) in [5, 5.41) is 2.95. The molecule has 0 aliphatic carbocycles. The zero-order chi connectivity index (χ0) is 22.5. The van der Waals surface area contributed by atoms with Gasteiger partial charge in [0.1, 0.15) is 11.5 Å². The minimum absolute atomic E-state index is 0.0452. The van der Waals surface area contributed by atoms with Crippen molar-refractivity contribution in [1.29, 1.82) is 0 Å². The molecule has 2 amide bonds. The molecule has 0 aromatic heterocycles. The van der Waals surface area contributed by atoms with Crippen LogP contribution in [0.4, 0.5) is 11.4 Å². The highest BCUT2D eigenvalue weighted by atomic mass is 16.5. The molecule has 0 radical (unpaired) electrons. The molecule has 1 fully saturated rings. The molecule has 4 rings (SSSR count). The van der Waals surface area contributed by atoms with Crippen molar-refractivity contribution in [2.45, 2.75) is 38.7 Å². The average Bonchev–Trinajstić information content (AvgIpc) is 2.81. The lowest BCUT2D eigenvalue weighted by Crippen LogP contribution is -2.48. The maximum atomic E-state index is 12.9. The Balaban J connectivity index is 1.45. The van der Waals surface area contributed by atoms with E-state index < -0.39 is 6.10 Å². The van der Waals surface area contributed by atoms with Crippen molar-refractivity contribution in [1.82, 2.24) is 4.90 Å². The first-order valence-corrected chi connectivity index (χ1v) is 11.3. The molecular weight excluding hydrogens is 406 g/mol. The molecule has 32 heavy (non-hydrogen) atoms. The normalized spacial score (nSPS) is 18.6. The summed E-state index contributed by atoms with van der Waals surface area (Å²) in [6.07, 6.45) is 3.46. The number of carbonyl (C=O) groups is 2. The van der Waals surface area contributed by atoms with Crippen molar-refractivity contribution in [2.24, 2.45) is 0 Å². The van der Waals surface area contributed by atoms with Crippen molar-refractivity contribution in [3.63, 3.8) is 0 Å². The van der Waals surface area contributed by atoms with E-state index in [4.69, 9.17) is 9.47 Å². The zero-order valence-electron chi connectivity index (χ0n) is 18.8. The Morgan fingerprint density at radius 2 is 1.84 bits per heavy atom. The van der Waals surface area contributed by atoms with Gasteiger partial charge in [0.25, 0.3) is 5.91 Å². The number of methoxy groups -OCH3 is 1. The fraction of sp³-hybridized carbons (Fsp3) is 0.440. The third-order valence-electron chi connectivity index (χ3n) is 6.06. The Kier molecular flexibility index (Phi) is 6.95. The van der Waals surface area contributed by atoms with Crippen molar-refractivity contribution >= 4 is 23.2 Å². The van der Waals surface area contributed by atoms with Gasteiger partial charge in [-0.05, 0) is 68.8 Å². The van der Waals surface area contributed by atoms with Gasteiger partial charge in [-0.15, -0.1) is 0 Å². The van der Waals surface area contributed by atoms with Crippen molar-refractivity contribution in [3.8, 4) is 11.5 Å². The van der Waals surface area contributed by atoms with Crippen LogP contribution in [0.25, 0.3) is 0 Å². The van der Waals surface area contributed by atoms with Crippen LogP contribution in [-0.4, -0.2) is 56.1 Å². The number of nitrogens with one attached hydrogen (secondary N) is 1.